The number of amides is 1. The Hall–Kier alpha value is -2.55. The third-order valence-corrected chi connectivity index (χ3v) is 4.55. The molecule has 0 bridgehead atoms. The van der Waals surface area contributed by atoms with Gasteiger partial charge in [0.05, 0.1) is 12.4 Å². The van der Waals surface area contributed by atoms with Crippen LogP contribution in [0.25, 0.3) is 0 Å². The van der Waals surface area contributed by atoms with Gasteiger partial charge in [-0.1, -0.05) is 42.1 Å². The van der Waals surface area contributed by atoms with Crippen LogP contribution in [0, 0.1) is 0 Å². The molecule has 1 atom stereocenters. The summed E-state index contributed by atoms with van der Waals surface area (Å²) in [6.45, 7) is 4.28. The first-order valence-corrected chi connectivity index (χ1v) is 9.32. The number of thioether (sulfide) groups is 1. The number of nitrogens with two attached hydrogens (primary N) is 1. The first kappa shape index (κ1) is 19.8. The minimum atomic E-state index is -0.592. The van der Waals surface area contributed by atoms with Gasteiger partial charge < -0.3 is 15.8 Å². The Balaban J connectivity index is 1.92. The lowest BCUT2D eigenvalue weighted by Gasteiger charge is -2.16. The molecule has 0 radical (unpaired) electrons. The molecular formula is C17H23N5O3S. The molecule has 3 N–H and O–H groups in total. The topological polar surface area (TPSA) is 112 Å². The van der Waals surface area contributed by atoms with Crippen molar-refractivity contribution in [3.8, 4) is 0 Å². The smallest absolute Gasteiger partial charge is 0.316 e. The zero-order valence-electron chi connectivity index (χ0n) is 14.8. The first-order chi connectivity index (χ1) is 12.5. The average Bonchev–Trinajstić information content (AvgIpc) is 3.01. The molecule has 2 rings (SSSR count). The molecule has 1 aromatic heterocycles. The maximum atomic E-state index is 12.4. The minimum Gasteiger partial charge on any atom is -0.465 e. The molecule has 2 aromatic rings. The molecule has 0 fully saturated rings. The predicted molar refractivity (Wildman–Crippen MR) is 99.7 cm³/mol. The highest BCUT2D eigenvalue weighted by molar-refractivity contribution is 7.99. The highest BCUT2D eigenvalue weighted by atomic mass is 32.2. The minimum absolute atomic E-state index is 0.0777. The summed E-state index contributed by atoms with van der Waals surface area (Å²) in [6.07, 6.45) is 0.738. The van der Waals surface area contributed by atoms with Crippen LogP contribution in [0.1, 0.15) is 25.5 Å². The van der Waals surface area contributed by atoms with Crippen molar-refractivity contribution in [2.24, 2.45) is 0 Å². The number of hydrogen-bond acceptors (Lipinski definition) is 7. The number of esters is 1. The van der Waals surface area contributed by atoms with E-state index in [0.717, 1.165) is 23.7 Å². The first-order valence-electron chi connectivity index (χ1n) is 8.33. The highest BCUT2D eigenvalue weighted by Crippen LogP contribution is 2.23. The van der Waals surface area contributed by atoms with E-state index in [4.69, 9.17) is 10.5 Å². The van der Waals surface area contributed by atoms with E-state index >= 15 is 0 Å². The van der Waals surface area contributed by atoms with E-state index in [-0.39, 0.29) is 23.6 Å². The molecule has 1 amide bonds. The Bertz CT molecular complexity index is 735. The van der Waals surface area contributed by atoms with Crippen LogP contribution in [0.3, 0.4) is 0 Å². The predicted octanol–water partition coefficient (Wildman–Crippen LogP) is 1.44. The Labute approximate surface area is 156 Å². The second-order valence-corrected chi connectivity index (χ2v) is 6.45. The molecule has 8 nitrogen and oxygen atoms in total. The highest BCUT2D eigenvalue weighted by Gasteiger charge is 2.22. The summed E-state index contributed by atoms with van der Waals surface area (Å²) >= 11 is 1.14. The van der Waals surface area contributed by atoms with Crippen molar-refractivity contribution in [3.63, 3.8) is 0 Å². The van der Waals surface area contributed by atoms with Crippen LogP contribution in [0.5, 0.6) is 0 Å². The summed E-state index contributed by atoms with van der Waals surface area (Å²) in [7, 11) is 0. The molecule has 1 heterocycles. The van der Waals surface area contributed by atoms with Gasteiger partial charge in [0, 0.05) is 6.54 Å². The number of carbonyl (C=O) groups is 2. The fourth-order valence-electron chi connectivity index (χ4n) is 2.32. The molecule has 0 spiro atoms. The molecule has 0 aliphatic rings. The van der Waals surface area contributed by atoms with E-state index in [1.54, 1.807) is 13.8 Å². The van der Waals surface area contributed by atoms with Crippen molar-refractivity contribution in [2.75, 3.05) is 24.6 Å². The molecule has 0 saturated carbocycles. The van der Waals surface area contributed by atoms with Gasteiger partial charge in [0.25, 0.3) is 0 Å². The van der Waals surface area contributed by atoms with Crippen molar-refractivity contribution < 1.29 is 14.3 Å². The summed E-state index contributed by atoms with van der Waals surface area (Å²) in [5.41, 5.74) is 6.99. The maximum absolute atomic E-state index is 12.4. The van der Waals surface area contributed by atoms with Crippen LogP contribution in [0.15, 0.2) is 35.5 Å². The Morgan fingerprint density at radius 2 is 2.04 bits per heavy atom. The number of nitrogen functional groups attached to an aromatic ring is 1. The van der Waals surface area contributed by atoms with E-state index < -0.39 is 6.04 Å². The molecule has 0 aliphatic carbocycles. The quantitative estimate of drug-likeness (QED) is 0.502. The van der Waals surface area contributed by atoms with E-state index in [1.165, 1.54) is 4.57 Å². The summed E-state index contributed by atoms with van der Waals surface area (Å²) in [4.78, 5) is 23.9. The number of nitrogens with zero attached hydrogens (tertiary/aromatic N) is 3. The Morgan fingerprint density at radius 3 is 2.73 bits per heavy atom. The summed E-state index contributed by atoms with van der Waals surface area (Å²) in [6, 6.07) is 9.31. The molecule has 0 aliphatic heterocycles. The van der Waals surface area contributed by atoms with Gasteiger partial charge in [-0.05, 0) is 25.8 Å². The molecule has 9 heteroatoms. The van der Waals surface area contributed by atoms with Gasteiger partial charge in [-0.15, -0.1) is 10.2 Å². The zero-order chi connectivity index (χ0) is 18.9. The monoisotopic (exact) mass is 377 g/mol. The van der Waals surface area contributed by atoms with Gasteiger partial charge in [-0.2, -0.15) is 0 Å². The van der Waals surface area contributed by atoms with E-state index in [9.17, 15) is 9.59 Å². The fourth-order valence-corrected chi connectivity index (χ4v) is 3.14. The van der Waals surface area contributed by atoms with Crippen LogP contribution >= 0.6 is 11.8 Å². The van der Waals surface area contributed by atoms with Gasteiger partial charge in [0.15, 0.2) is 5.16 Å². The lowest BCUT2D eigenvalue weighted by Crippen LogP contribution is -2.33. The van der Waals surface area contributed by atoms with Gasteiger partial charge in [-0.25, -0.2) is 0 Å². The van der Waals surface area contributed by atoms with Crippen LogP contribution in [-0.2, 0) is 20.7 Å². The fraction of sp³-hybridized carbons (Fsp3) is 0.412. The average molecular weight is 377 g/mol. The van der Waals surface area contributed by atoms with E-state index in [0.29, 0.717) is 18.3 Å². The third kappa shape index (κ3) is 5.48. The number of aromatic nitrogens is 3. The molecule has 1 aromatic carbocycles. The van der Waals surface area contributed by atoms with Crippen LogP contribution in [0.2, 0.25) is 0 Å². The van der Waals surface area contributed by atoms with Gasteiger partial charge in [0.2, 0.25) is 11.9 Å². The number of anilines is 1. The van der Waals surface area contributed by atoms with Crippen LogP contribution in [-0.4, -0.2) is 45.5 Å². The Kier molecular flexibility index (Phi) is 7.46. The zero-order valence-corrected chi connectivity index (χ0v) is 15.7. The third-order valence-electron chi connectivity index (χ3n) is 3.64. The number of ether oxygens (including phenoxy) is 1. The molecular weight excluding hydrogens is 354 g/mol. The Morgan fingerprint density at radius 1 is 1.31 bits per heavy atom. The van der Waals surface area contributed by atoms with Crippen LogP contribution < -0.4 is 11.1 Å². The van der Waals surface area contributed by atoms with E-state index in [2.05, 4.69) is 15.5 Å². The summed E-state index contributed by atoms with van der Waals surface area (Å²) < 4.78 is 6.40. The molecule has 1 unspecified atom stereocenters. The second-order valence-electron chi connectivity index (χ2n) is 5.51. The maximum Gasteiger partial charge on any atom is 0.316 e. The van der Waals surface area contributed by atoms with Crippen molar-refractivity contribution in [3.05, 3.63) is 35.9 Å². The lowest BCUT2D eigenvalue weighted by molar-refractivity contribution is -0.139. The number of nitrogens with one attached hydrogen (secondary N) is 1. The normalized spacial score (nSPS) is 11.8. The standard InChI is InChI=1S/C17H23N5O3S/c1-3-25-14(23)11-26-17-21-20-16(18)22(17)12(2)15(24)19-10-9-13-7-5-4-6-8-13/h4-8,12H,3,9-11H2,1-2H3,(H2,18,20)(H,19,24). The van der Waals surface area contributed by atoms with Crippen molar-refractivity contribution >= 4 is 29.6 Å². The number of hydrogen-bond donors (Lipinski definition) is 2. The molecule has 26 heavy (non-hydrogen) atoms. The second kappa shape index (κ2) is 9.81. The molecule has 140 valence electrons. The van der Waals surface area contributed by atoms with Crippen molar-refractivity contribution in [1.29, 1.82) is 0 Å². The number of rotatable bonds is 9. The summed E-state index contributed by atoms with van der Waals surface area (Å²) in [5.74, 6) is -0.341. The number of carbonyl (C=O) groups excluding carboxylic acids is 2. The van der Waals surface area contributed by atoms with Crippen LogP contribution in [0.4, 0.5) is 5.95 Å². The van der Waals surface area contributed by atoms with E-state index in [1.807, 2.05) is 30.3 Å². The largest absolute Gasteiger partial charge is 0.465 e. The number of benzene rings is 1. The summed E-state index contributed by atoms with van der Waals surface area (Å²) in [5, 5.41) is 11.0. The van der Waals surface area contributed by atoms with Crippen molar-refractivity contribution in [1.82, 2.24) is 20.1 Å². The molecule has 0 saturated heterocycles. The SMILES string of the molecule is CCOC(=O)CSc1nnc(N)n1C(C)C(=O)NCCc1ccccc1. The van der Waals surface area contributed by atoms with Gasteiger partial charge >= 0.3 is 5.97 Å². The van der Waals surface area contributed by atoms with Crippen molar-refractivity contribution in [2.45, 2.75) is 31.5 Å². The van der Waals surface area contributed by atoms with Gasteiger partial charge in [-0.3, -0.25) is 14.2 Å². The lowest BCUT2D eigenvalue weighted by atomic mass is 10.1. The van der Waals surface area contributed by atoms with Gasteiger partial charge in [0.1, 0.15) is 6.04 Å².